The number of likely N-dealkylation sites (N-methyl/N-ethyl adjacent to an activating group) is 1. The van der Waals surface area contributed by atoms with Crippen molar-refractivity contribution in [2.45, 2.75) is 27.3 Å². The summed E-state index contributed by atoms with van der Waals surface area (Å²) in [6.45, 7) is 7.14. The Morgan fingerprint density at radius 3 is 2.45 bits per heavy atom. The van der Waals surface area contributed by atoms with E-state index in [4.69, 9.17) is 0 Å². The van der Waals surface area contributed by atoms with E-state index in [9.17, 15) is 4.79 Å². The van der Waals surface area contributed by atoms with Crippen LogP contribution in [0.4, 0.5) is 5.69 Å². The standard InChI is InChI=1S/C19H24N2O/c1-14-9-10-18(16(3)11-14)20-12-19(22)21(4)13-17-8-6-5-7-15(17)2/h5-11,20H,12-13H2,1-4H3. The van der Waals surface area contributed by atoms with Gasteiger partial charge in [0.25, 0.3) is 0 Å². The molecule has 0 saturated heterocycles. The highest BCUT2D eigenvalue weighted by atomic mass is 16.2. The van der Waals surface area contributed by atoms with E-state index >= 15 is 0 Å². The maximum Gasteiger partial charge on any atom is 0.241 e. The lowest BCUT2D eigenvalue weighted by molar-refractivity contribution is -0.128. The fourth-order valence-electron chi connectivity index (χ4n) is 2.45. The molecule has 2 aromatic carbocycles. The second-order valence-electron chi connectivity index (χ2n) is 5.85. The molecule has 3 heteroatoms. The van der Waals surface area contributed by atoms with Gasteiger partial charge in [0.05, 0.1) is 6.54 Å². The Morgan fingerprint density at radius 1 is 1.05 bits per heavy atom. The Labute approximate surface area is 133 Å². The Bertz CT molecular complexity index is 664. The Balaban J connectivity index is 1.93. The van der Waals surface area contributed by atoms with Crippen LogP contribution in [0.2, 0.25) is 0 Å². The zero-order chi connectivity index (χ0) is 16.1. The number of rotatable bonds is 5. The minimum Gasteiger partial charge on any atom is -0.376 e. The van der Waals surface area contributed by atoms with Crippen molar-refractivity contribution in [3.63, 3.8) is 0 Å². The van der Waals surface area contributed by atoms with Crippen molar-refractivity contribution in [3.05, 3.63) is 64.7 Å². The number of hydrogen-bond acceptors (Lipinski definition) is 2. The molecule has 0 unspecified atom stereocenters. The Hall–Kier alpha value is -2.29. The molecule has 0 bridgehead atoms. The normalized spacial score (nSPS) is 10.4. The molecule has 0 fully saturated rings. The molecule has 2 aromatic rings. The average Bonchev–Trinajstić information content (AvgIpc) is 2.48. The number of carbonyl (C=O) groups is 1. The molecule has 0 aliphatic heterocycles. The van der Waals surface area contributed by atoms with Crippen LogP contribution in [0.15, 0.2) is 42.5 Å². The summed E-state index contributed by atoms with van der Waals surface area (Å²) in [5, 5.41) is 3.23. The maximum atomic E-state index is 12.3. The number of carbonyl (C=O) groups excluding carboxylic acids is 1. The molecule has 0 spiro atoms. The second kappa shape index (κ2) is 7.12. The van der Waals surface area contributed by atoms with Gasteiger partial charge in [-0.1, -0.05) is 42.0 Å². The number of benzene rings is 2. The SMILES string of the molecule is Cc1ccc(NCC(=O)N(C)Cc2ccccc2C)c(C)c1. The highest BCUT2D eigenvalue weighted by Crippen LogP contribution is 2.16. The maximum absolute atomic E-state index is 12.3. The molecule has 0 atom stereocenters. The predicted molar refractivity (Wildman–Crippen MR) is 92.1 cm³/mol. The van der Waals surface area contributed by atoms with Crippen LogP contribution < -0.4 is 5.32 Å². The third-order valence-electron chi connectivity index (χ3n) is 3.91. The van der Waals surface area contributed by atoms with Crippen molar-refractivity contribution in [1.82, 2.24) is 4.90 Å². The summed E-state index contributed by atoms with van der Waals surface area (Å²) in [5.41, 5.74) is 5.80. The van der Waals surface area contributed by atoms with E-state index in [1.807, 2.05) is 25.2 Å². The molecule has 0 radical (unpaired) electrons. The zero-order valence-corrected chi connectivity index (χ0v) is 13.8. The first kappa shape index (κ1) is 16.1. The Morgan fingerprint density at radius 2 is 1.77 bits per heavy atom. The van der Waals surface area contributed by atoms with Gasteiger partial charge in [-0.15, -0.1) is 0 Å². The van der Waals surface area contributed by atoms with Gasteiger partial charge >= 0.3 is 0 Å². The minimum absolute atomic E-state index is 0.0863. The molecule has 3 nitrogen and oxygen atoms in total. The first-order valence-corrected chi connectivity index (χ1v) is 7.57. The fourth-order valence-corrected chi connectivity index (χ4v) is 2.45. The average molecular weight is 296 g/mol. The van der Waals surface area contributed by atoms with Crippen LogP contribution in [0.25, 0.3) is 0 Å². The molecule has 1 amide bonds. The monoisotopic (exact) mass is 296 g/mol. The first-order chi connectivity index (χ1) is 10.5. The lowest BCUT2D eigenvalue weighted by Crippen LogP contribution is -2.32. The van der Waals surface area contributed by atoms with Crippen molar-refractivity contribution < 1.29 is 4.79 Å². The first-order valence-electron chi connectivity index (χ1n) is 7.57. The number of nitrogens with zero attached hydrogens (tertiary/aromatic N) is 1. The van der Waals surface area contributed by atoms with Gasteiger partial charge in [-0.3, -0.25) is 4.79 Å². The largest absolute Gasteiger partial charge is 0.376 e. The van der Waals surface area contributed by atoms with Gasteiger partial charge in [0, 0.05) is 19.3 Å². The molecule has 0 heterocycles. The van der Waals surface area contributed by atoms with Crippen molar-refractivity contribution in [3.8, 4) is 0 Å². The molecule has 22 heavy (non-hydrogen) atoms. The Kier molecular flexibility index (Phi) is 5.21. The summed E-state index contributed by atoms with van der Waals surface area (Å²) < 4.78 is 0. The molecule has 0 aliphatic rings. The number of amides is 1. The number of hydrogen-bond donors (Lipinski definition) is 1. The van der Waals surface area contributed by atoms with E-state index in [0.717, 1.165) is 11.3 Å². The summed E-state index contributed by atoms with van der Waals surface area (Å²) >= 11 is 0. The third-order valence-corrected chi connectivity index (χ3v) is 3.91. The van der Waals surface area contributed by atoms with Crippen molar-refractivity contribution in [2.24, 2.45) is 0 Å². The van der Waals surface area contributed by atoms with E-state index in [1.165, 1.54) is 16.7 Å². The van der Waals surface area contributed by atoms with Gasteiger partial charge < -0.3 is 10.2 Å². The van der Waals surface area contributed by atoms with Gasteiger partial charge in [-0.25, -0.2) is 0 Å². The van der Waals surface area contributed by atoms with Crippen LogP contribution in [0.5, 0.6) is 0 Å². The number of aryl methyl sites for hydroxylation is 3. The third kappa shape index (κ3) is 4.10. The lowest BCUT2D eigenvalue weighted by Gasteiger charge is -2.19. The van der Waals surface area contributed by atoms with E-state index < -0.39 is 0 Å². The van der Waals surface area contributed by atoms with Crippen molar-refractivity contribution >= 4 is 11.6 Å². The molecule has 0 saturated carbocycles. The van der Waals surface area contributed by atoms with Gasteiger partial charge in [0.1, 0.15) is 0 Å². The van der Waals surface area contributed by atoms with Crippen LogP contribution in [0.3, 0.4) is 0 Å². The summed E-state index contributed by atoms with van der Waals surface area (Å²) in [6, 6.07) is 14.4. The number of anilines is 1. The van der Waals surface area contributed by atoms with E-state index in [-0.39, 0.29) is 5.91 Å². The molecular formula is C19H24N2O. The van der Waals surface area contributed by atoms with Crippen molar-refractivity contribution in [2.75, 3.05) is 18.9 Å². The zero-order valence-electron chi connectivity index (χ0n) is 13.8. The highest BCUT2D eigenvalue weighted by Gasteiger charge is 2.10. The van der Waals surface area contributed by atoms with Crippen LogP contribution in [0.1, 0.15) is 22.3 Å². The molecule has 1 N–H and O–H groups in total. The van der Waals surface area contributed by atoms with Crippen LogP contribution in [-0.4, -0.2) is 24.4 Å². The molecular weight excluding hydrogens is 272 g/mol. The van der Waals surface area contributed by atoms with Gasteiger partial charge in [0.2, 0.25) is 5.91 Å². The molecule has 0 aliphatic carbocycles. The minimum atomic E-state index is 0.0863. The summed E-state index contributed by atoms with van der Waals surface area (Å²) in [7, 11) is 1.85. The molecule has 116 valence electrons. The molecule has 0 aromatic heterocycles. The molecule has 2 rings (SSSR count). The van der Waals surface area contributed by atoms with E-state index in [0.29, 0.717) is 13.1 Å². The fraction of sp³-hybridized carbons (Fsp3) is 0.316. The second-order valence-corrected chi connectivity index (χ2v) is 5.85. The topological polar surface area (TPSA) is 32.3 Å². The predicted octanol–water partition coefficient (Wildman–Crippen LogP) is 3.68. The van der Waals surface area contributed by atoms with E-state index in [2.05, 4.69) is 50.4 Å². The summed E-state index contributed by atoms with van der Waals surface area (Å²) in [6.07, 6.45) is 0. The quantitative estimate of drug-likeness (QED) is 0.913. The smallest absolute Gasteiger partial charge is 0.241 e. The van der Waals surface area contributed by atoms with Gasteiger partial charge in [-0.05, 0) is 43.5 Å². The summed E-state index contributed by atoms with van der Waals surface area (Å²) in [4.78, 5) is 14.0. The van der Waals surface area contributed by atoms with Crippen LogP contribution >= 0.6 is 0 Å². The van der Waals surface area contributed by atoms with E-state index in [1.54, 1.807) is 4.90 Å². The van der Waals surface area contributed by atoms with Crippen molar-refractivity contribution in [1.29, 1.82) is 0 Å². The lowest BCUT2D eigenvalue weighted by atomic mass is 10.1. The summed E-state index contributed by atoms with van der Waals surface area (Å²) in [5.74, 6) is 0.0863. The van der Waals surface area contributed by atoms with Crippen LogP contribution in [-0.2, 0) is 11.3 Å². The van der Waals surface area contributed by atoms with Crippen LogP contribution in [0, 0.1) is 20.8 Å². The number of nitrogens with one attached hydrogen (secondary N) is 1. The van der Waals surface area contributed by atoms with Gasteiger partial charge in [-0.2, -0.15) is 0 Å². The van der Waals surface area contributed by atoms with Gasteiger partial charge in [0.15, 0.2) is 0 Å². The highest BCUT2D eigenvalue weighted by molar-refractivity contribution is 5.81.